The summed E-state index contributed by atoms with van der Waals surface area (Å²) in [4.78, 5) is 16.5. The normalized spacial score (nSPS) is 19.8. The molecule has 5 nitrogen and oxygen atoms in total. The molecule has 0 aliphatic heterocycles. The summed E-state index contributed by atoms with van der Waals surface area (Å²) in [5.41, 5.74) is 0. The Hall–Kier alpha value is -1.28. The van der Waals surface area contributed by atoms with E-state index < -0.39 is 0 Å². The van der Waals surface area contributed by atoms with Crippen LogP contribution in [0.4, 0.5) is 0 Å². The van der Waals surface area contributed by atoms with Gasteiger partial charge in [0.25, 0.3) is 0 Å². The first-order valence-corrected chi connectivity index (χ1v) is 6.96. The third-order valence-corrected chi connectivity index (χ3v) is 3.49. The Morgan fingerprint density at radius 3 is 1.21 bits per heavy atom. The summed E-state index contributed by atoms with van der Waals surface area (Å²) in [5, 5.41) is 13.5. The number of carbonyl (C=O) groups excluding carboxylic acids is 2. The lowest BCUT2D eigenvalue weighted by atomic mass is 9.95. The SMILES string of the molecule is C1CCC(OC2CCCCC2)CC1.[N-]=C=O.[N-]=C=O. The average molecular weight is 266 g/mol. The standard InChI is InChI=1S/C12H22O.2CNO/c1-3-7-11(8-4-1)13-12-9-5-2-6-10-12;2*2-1-3/h11-12H,1-10H2;;/q;2*-1. The smallest absolute Gasteiger partial charge is 0.0578 e. The third-order valence-electron chi connectivity index (χ3n) is 3.49. The number of nitrogens with zero attached hydrogens (tertiary/aromatic N) is 2. The van der Waals surface area contributed by atoms with E-state index in [4.69, 9.17) is 25.1 Å². The van der Waals surface area contributed by atoms with Crippen molar-refractivity contribution in [1.82, 2.24) is 0 Å². The van der Waals surface area contributed by atoms with Gasteiger partial charge in [-0.15, -0.1) is 0 Å². The molecule has 0 spiro atoms. The van der Waals surface area contributed by atoms with Gasteiger partial charge in [-0.25, -0.2) is 0 Å². The van der Waals surface area contributed by atoms with Gasteiger partial charge in [-0.2, -0.15) is 0 Å². The highest BCUT2D eigenvalue weighted by atomic mass is 16.5. The maximum absolute atomic E-state index is 8.24. The van der Waals surface area contributed by atoms with E-state index in [9.17, 15) is 0 Å². The van der Waals surface area contributed by atoms with Crippen LogP contribution in [0.2, 0.25) is 0 Å². The fraction of sp³-hybridized carbons (Fsp3) is 0.857. The molecule has 19 heavy (non-hydrogen) atoms. The molecule has 0 amide bonds. The summed E-state index contributed by atoms with van der Waals surface area (Å²) in [6.07, 6.45) is 16.0. The minimum atomic E-state index is 0.500. The lowest BCUT2D eigenvalue weighted by Crippen LogP contribution is -2.25. The molecule has 0 bridgehead atoms. The molecule has 0 heterocycles. The molecule has 2 fully saturated rings. The predicted octanol–water partition coefficient (Wildman–Crippen LogP) is 3.45. The lowest BCUT2D eigenvalue weighted by molar-refractivity contribution is -0.0450. The van der Waals surface area contributed by atoms with Gasteiger partial charge in [-0.1, -0.05) is 38.5 Å². The van der Waals surface area contributed by atoms with E-state index in [2.05, 4.69) is 0 Å². The minimum Gasteiger partial charge on any atom is -0.724 e. The summed E-state index contributed by atoms with van der Waals surface area (Å²) < 4.78 is 6.13. The van der Waals surface area contributed by atoms with Gasteiger partial charge in [-0.3, -0.25) is 9.59 Å². The van der Waals surface area contributed by atoms with Crippen molar-refractivity contribution in [2.75, 3.05) is 0 Å². The molecule has 5 heteroatoms. The molecular formula is C14H22N2O3-2. The van der Waals surface area contributed by atoms with Crippen molar-refractivity contribution in [2.24, 2.45) is 0 Å². The highest BCUT2D eigenvalue weighted by molar-refractivity contribution is 5.37. The highest BCUT2D eigenvalue weighted by Gasteiger charge is 2.20. The Morgan fingerprint density at radius 2 is 0.947 bits per heavy atom. The summed E-state index contributed by atoms with van der Waals surface area (Å²) in [7, 11) is 0. The molecule has 2 aliphatic rings. The first-order chi connectivity index (χ1) is 9.28. The molecule has 2 aliphatic carbocycles. The average Bonchev–Trinajstić information content (AvgIpc) is 2.43. The van der Waals surface area contributed by atoms with E-state index >= 15 is 0 Å². The van der Waals surface area contributed by atoms with Crippen molar-refractivity contribution >= 4 is 12.2 Å². The van der Waals surface area contributed by atoms with Crippen LogP contribution in [0.1, 0.15) is 64.2 Å². The maximum atomic E-state index is 8.24. The van der Waals surface area contributed by atoms with E-state index in [-0.39, 0.29) is 0 Å². The van der Waals surface area contributed by atoms with Crippen LogP contribution in [0.5, 0.6) is 0 Å². The number of ether oxygens (including phenoxy) is 1. The van der Waals surface area contributed by atoms with Gasteiger partial charge in [0.05, 0.1) is 12.2 Å². The molecule has 0 saturated heterocycles. The van der Waals surface area contributed by atoms with Gasteiger partial charge in [0.15, 0.2) is 0 Å². The van der Waals surface area contributed by atoms with Crippen molar-refractivity contribution in [1.29, 1.82) is 0 Å². The molecule has 2 rings (SSSR count). The quantitative estimate of drug-likeness (QED) is 0.566. The van der Waals surface area contributed by atoms with E-state index in [1.807, 2.05) is 0 Å². The molecule has 0 atom stereocenters. The first-order valence-electron chi connectivity index (χ1n) is 6.96. The van der Waals surface area contributed by atoms with Gasteiger partial charge in [-0.05, 0) is 37.8 Å². The fourth-order valence-electron chi connectivity index (χ4n) is 2.67. The number of hydrogen-bond acceptors (Lipinski definition) is 3. The zero-order valence-corrected chi connectivity index (χ0v) is 11.3. The molecule has 108 valence electrons. The van der Waals surface area contributed by atoms with Gasteiger partial charge in [0.1, 0.15) is 0 Å². The minimum absolute atomic E-state index is 0.500. The third kappa shape index (κ3) is 10.3. The van der Waals surface area contributed by atoms with Crippen LogP contribution in [0, 0.1) is 0 Å². The van der Waals surface area contributed by atoms with Crippen molar-refractivity contribution < 1.29 is 14.3 Å². The van der Waals surface area contributed by atoms with Crippen LogP contribution in [-0.4, -0.2) is 24.4 Å². The fourth-order valence-corrected chi connectivity index (χ4v) is 2.67. The zero-order chi connectivity index (χ0) is 14.3. The first kappa shape index (κ1) is 17.7. The molecule has 2 saturated carbocycles. The monoisotopic (exact) mass is 266 g/mol. The maximum Gasteiger partial charge on any atom is 0.0578 e. The van der Waals surface area contributed by atoms with Crippen molar-refractivity contribution in [3.8, 4) is 0 Å². The Morgan fingerprint density at radius 1 is 0.684 bits per heavy atom. The van der Waals surface area contributed by atoms with E-state index in [0.29, 0.717) is 24.4 Å². The predicted molar refractivity (Wildman–Crippen MR) is 72.9 cm³/mol. The summed E-state index contributed by atoms with van der Waals surface area (Å²) in [6, 6.07) is 0. The van der Waals surface area contributed by atoms with Gasteiger partial charge in [0, 0.05) is 0 Å². The molecule has 0 aromatic rings. The lowest BCUT2D eigenvalue weighted by Gasteiger charge is -2.29. The number of isocyanates is 2. The summed E-state index contributed by atoms with van der Waals surface area (Å²) in [5.74, 6) is 0. The molecular weight excluding hydrogens is 244 g/mol. The Labute approximate surface area is 114 Å². The Bertz CT molecular complexity index is 242. The molecule has 0 aromatic heterocycles. The Kier molecular flexibility index (Phi) is 12.3. The molecule has 0 aromatic carbocycles. The highest BCUT2D eigenvalue weighted by Crippen LogP contribution is 2.26. The second-order valence-electron chi connectivity index (χ2n) is 4.84. The summed E-state index contributed by atoms with van der Waals surface area (Å²) >= 11 is 0. The van der Waals surface area contributed by atoms with Gasteiger partial charge in [0.2, 0.25) is 0 Å². The van der Waals surface area contributed by atoms with Crippen molar-refractivity contribution in [2.45, 2.75) is 76.4 Å². The van der Waals surface area contributed by atoms with Crippen molar-refractivity contribution in [3.05, 3.63) is 10.8 Å². The second kappa shape index (κ2) is 13.2. The number of rotatable bonds is 2. The van der Waals surface area contributed by atoms with Crippen LogP contribution in [0.15, 0.2) is 0 Å². The largest absolute Gasteiger partial charge is 0.724 e. The van der Waals surface area contributed by atoms with Crippen molar-refractivity contribution in [3.63, 3.8) is 0 Å². The van der Waals surface area contributed by atoms with Crippen LogP contribution in [0.25, 0.3) is 10.8 Å². The van der Waals surface area contributed by atoms with E-state index in [0.717, 1.165) is 0 Å². The molecule has 0 radical (unpaired) electrons. The van der Waals surface area contributed by atoms with Crippen LogP contribution in [-0.2, 0) is 14.3 Å². The Balaban J connectivity index is 0.000000465. The van der Waals surface area contributed by atoms with Crippen LogP contribution >= 0.6 is 0 Å². The van der Waals surface area contributed by atoms with Crippen LogP contribution < -0.4 is 0 Å². The van der Waals surface area contributed by atoms with E-state index in [1.54, 1.807) is 0 Å². The molecule has 0 unspecified atom stereocenters. The zero-order valence-electron chi connectivity index (χ0n) is 11.3. The van der Waals surface area contributed by atoms with Gasteiger partial charge < -0.3 is 15.6 Å². The molecule has 0 N–H and O–H groups in total. The topological polar surface area (TPSA) is 88.0 Å². The van der Waals surface area contributed by atoms with Gasteiger partial charge >= 0.3 is 0 Å². The second-order valence-corrected chi connectivity index (χ2v) is 4.84. The number of hydrogen-bond donors (Lipinski definition) is 0. The van der Waals surface area contributed by atoms with E-state index in [1.165, 1.54) is 64.2 Å². The summed E-state index contributed by atoms with van der Waals surface area (Å²) in [6.45, 7) is 0. The van der Waals surface area contributed by atoms with Crippen LogP contribution in [0.3, 0.4) is 0 Å².